The molecule has 2 heterocycles. The Bertz CT molecular complexity index is 532. The number of imidazole rings is 1. The number of nitrogens with two attached hydrogens (primary N) is 1. The largest absolute Gasteiger partial charge is 0.381 e. The fourth-order valence-corrected chi connectivity index (χ4v) is 4.48. The fraction of sp³-hybridized carbons (Fsp3) is 0.727. The van der Waals surface area contributed by atoms with E-state index >= 15 is 0 Å². The van der Waals surface area contributed by atoms with Crippen molar-refractivity contribution in [2.45, 2.75) is 23.9 Å². The van der Waals surface area contributed by atoms with E-state index in [0.717, 1.165) is 19.4 Å². The summed E-state index contributed by atoms with van der Waals surface area (Å²) in [6.07, 6.45) is 3.20. The standard InChI is InChI=1S/C11H21N5O2S/c1-14(2)7-9-5-4-6-16(9)19(17,18)11-10(12)13-8-15(11)3/h8-9H,4-7,12H2,1-3H3. The molecule has 1 aliphatic rings. The third-order valence-electron chi connectivity index (χ3n) is 3.36. The van der Waals surface area contributed by atoms with Crippen LogP contribution in [0.4, 0.5) is 5.82 Å². The SMILES string of the molecule is CN(C)CC1CCCN1S(=O)(=O)c1c(N)ncn1C. The topological polar surface area (TPSA) is 84.5 Å². The number of nitrogen functional groups attached to an aromatic ring is 1. The summed E-state index contributed by atoms with van der Waals surface area (Å²) in [5.41, 5.74) is 5.69. The quantitative estimate of drug-likeness (QED) is 0.823. The number of aromatic nitrogens is 2. The molecular formula is C11H21N5O2S. The van der Waals surface area contributed by atoms with Crippen molar-refractivity contribution in [3.8, 4) is 0 Å². The Morgan fingerprint density at radius 1 is 1.53 bits per heavy atom. The van der Waals surface area contributed by atoms with Gasteiger partial charge in [-0.3, -0.25) is 0 Å². The van der Waals surface area contributed by atoms with E-state index < -0.39 is 10.0 Å². The Hall–Kier alpha value is -1.12. The number of hydrogen-bond acceptors (Lipinski definition) is 5. The minimum Gasteiger partial charge on any atom is -0.381 e. The van der Waals surface area contributed by atoms with Crippen molar-refractivity contribution in [1.82, 2.24) is 18.8 Å². The lowest BCUT2D eigenvalue weighted by Gasteiger charge is -2.26. The summed E-state index contributed by atoms with van der Waals surface area (Å²) in [6.45, 7) is 1.27. The minimum atomic E-state index is -3.57. The molecule has 19 heavy (non-hydrogen) atoms. The third kappa shape index (κ3) is 2.60. The van der Waals surface area contributed by atoms with Gasteiger partial charge in [0.1, 0.15) is 0 Å². The molecule has 8 heteroatoms. The highest BCUT2D eigenvalue weighted by Gasteiger charge is 2.38. The number of hydrogen-bond donors (Lipinski definition) is 1. The molecule has 0 aliphatic carbocycles. The first-order chi connectivity index (χ1) is 8.84. The van der Waals surface area contributed by atoms with Gasteiger partial charge >= 0.3 is 0 Å². The van der Waals surface area contributed by atoms with Crippen LogP contribution in [0, 0.1) is 0 Å². The van der Waals surface area contributed by atoms with Crippen LogP contribution in [0.5, 0.6) is 0 Å². The van der Waals surface area contributed by atoms with Crippen LogP contribution in [0.2, 0.25) is 0 Å². The van der Waals surface area contributed by atoms with Crippen LogP contribution in [0.25, 0.3) is 0 Å². The maximum Gasteiger partial charge on any atom is 0.262 e. The minimum absolute atomic E-state index is 0.00861. The summed E-state index contributed by atoms with van der Waals surface area (Å²) < 4.78 is 28.4. The molecule has 0 bridgehead atoms. The Morgan fingerprint density at radius 2 is 2.21 bits per heavy atom. The Labute approximate surface area is 114 Å². The van der Waals surface area contributed by atoms with Gasteiger partial charge in [0.2, 0.25) is 0 Å². The lowest BCUT2D eigenvalue weighted by Crippen LogP contribution is -2.41. The van der Waals surface area contributed by atoms with Crippen molar-refractivity contribution in [1.29, 1.82) is 0 Å². The van der Waals surface area contributed by atoms with Gasteiger partial charge in [0, 0.05) is 26.2 Å². The van der Waals surface area contributed by atoms with E-state index in [0.29, 0.717) is 6.54 Å². The van der Waals surface area contributed by atoms with Crippen LogP contribution in [-0.2, 0) is 17.1 Å². The van der Waals surface area contributed by atoms with Crippen molar-refractivity contribution in [2.75, 3.05) is 32.9 Å². The molecular weight excluding hydrogens is 266 g/mol. The van der Waals surface area contributed by atoms with E-state index in [4.69, 9.17) is 5.73 Å². The molecule has 2 rings (SSSR count). The lowest BCUT2D eigenvalue weighted by atomic mass is 10.2. The molecule has 1 aromatic heterocycles. The van der Waals surface area contributed by atoms with Gasteiger partial charge in [0.05, 0.1) is 6.33 Å². The van der Waals surface area contributed by atoms with Gasteiger partial charge in [0.25, 0.3) is 10.0 Å². The average molecular weight is 287 g/mol. The number of nitrogens with zero attached hydrogens (tertiary/aromatic N) is 4. The van der Waals surface area contributed by atoms with Crippen molar-refractivity contribution >= 4 is 15.8 Å². The van der Waals surface area contributed by atoms with Crippen LogP contribution in [0.3, 0.4) is 0 Å². The molecule has 0 amide bonds. The lowest BCUT2D eigenvalue weighted by molar-refractivity contribution is 0.290. The smallest absolute Gasteiger partial charge is 0.262 e. The zero-order chi connectivity index (χ0) is 14.2. The van der Waals surface area contributed by atoms with Gasteiger partial charge in [-0.15, -0.1) is 0 Å². The van der Waals surface area contributed by atoms with E-state index in [1.54, 1.807) is 11.4 Å². The zero-order valence-electron chi connectivity index (χ0n) is 11.6. The molecule has 1 atom stereocenters. The third-order valence-corrected chi connectivity index (χ3v) is 5.45. The monoisotopic (exact) mass is 287 g/mol. The van der Waals surface area contributed by atoms with E-state index in [2.05, 4.69) is 4.98 Å². The van der Waals surface area contributed by atoms with Crippen molar-refractivity contribution in [3.05, 3.63) is 6.33 Å². The van der Waals surface area contributed by atoms with Crippen LogP contribution < -0.4 is 5.73 Å². The summed E-state index contributed by atoms with van der Waals surface area (Å²) in [4.78, 5) is 5.87. The Balaban J connectivity index is 2.34. The fourth-order valence-electron chi connectivity index (χ4n) is 2.59. The Morgan fingerprint density at radius 3 is 2.74 bits per heavy atom. The molecule has 0 saturated carbocycles. The van der Waals surface area contributed by atoms with E-state index in [9.17, 15) is 8.42 Å². The van der Waals surface area contributed by atoms with Gasteiger partial charge in [-0.25, -0.2) is 13.4 Å². The molecule has 2 N–H and O–H groups in total. The molecule has 1 saturated heterocycles. The van der Waals surface area contributed by atoms with Gasteiger partial charge in [0.15, 0.2) is 10.8 Å². The summed E-state index contributed by atoms with van der Waals surface area (Å²) >= 11 is 0. The predicted octanol–water partition coefficient (Wildman–Crippen LogP) is -0.283. The molecule has 1 unspecified atom stereocenters. The number of anilines is 1. The predicted molar refractivity (Wildman–Crippen MR) is 73.1 cm³/mol. The molecule has 0 spiro atoms. The molecule has 108 valence electrons. The molecule has 1 aromatic rings. The zero-order valence-corrected chi connectivity index (χ0v) is 12.4. The highest BCUT2D eigenvalue weighted by Crippen LogP contribution is 2.28. The van der Waals surface area contributed by atoms with Crippen LogP contribution in [-0.4, -0.2) is 60.4 Å². The number of sulfonamides is 1. The molecule has 0 aromatic carbocycles. The van der Waals surface area contributed by atoms with Crippen molar-refractivity contribution in [3.63, 3.8) is 0 Å². The van der Waals surface area contributed by atoms with Crippen LogP contribution in [0.15, 0.2) is 11.4 Å². The summed E-state index contributed by atoms with van der Waals surface area (Å²) in [5.74, 6) is 0.0676. The van der Waals surface area contributed by atoms with Crippen molar-refractivity contribution in [2.24, 2.45) is 7.05 Å². The number of rotatable bonds is 4. The average Bonchev–Trinajstić information content (AvgIpc) is 2.85. The van der Waals surface area contributed by atoms with E-state index in [1.165, 1.54) is 10.9 Å². The van der Waals surface area contributed by atoms with Crippen molar-refractivity contribution < 1.29 is 8.42 Å². The highest BCUT2D eigenvalue weighted by atomic mass is 32.2. The normalized spacial score (nSPS) is 21.4. The van der Waals surface area contributed by atoms with Gasteiger partial charge in [-0.05, 0) is 26.9 Å². The van der Waals surface area contributed by atoms with E-state index in [1.807, 2.05) is 19.0 Å². The number of likely N-dealkylation sites (N-methyl/N-ethyl adjacent to an activating group) is 1. The van der Waals surface area contributed by atoms with E-state index in [-0.39, 0.29) is 16.9 Å². The maximum atomic E-state index is 12.7. The summed E-state index contributed by atoms with van der Waals surface area (Å²) in [6, 6.07) is 0.00861. The van der Waals surface area contributed by atoms with Gasteiger partial charge in [-0.2, -0.15) is 4.31 Å². The first-order valence-electron chi connectivity index (χ1n) is 6.27. The number of aryl methyl sites for hydroxylation is 1. The summed E-state index contributed by atoms with van der Waals surface area (Å²) in [5, 5.41) is 0.0955. The first kappa shape index (κ1) is 14.3. The second kappa shape index (κ2) is 5.10. The molecule has 1 fully saturated rings. The highest BCUT2D eigenvalue weighted by molar-refractivity contribution is 7.89. The van der Waals surface area contributed by atoms with Gasteiger partial charge in [-0.1, -0.05) is 0 Å². The molecule has 1 aliphatic heterocycles. The second-order valence-corrected chi connectivity index (χ2v) is 7.03. The van der Waals surface area contributed by atoms with Crippen LogP contribution >= 0.6 is 0 Å². The molecule has 0 radical (unpaired) electrons. The second-order valence-electron chi connectivity index (χ2n) is 5.22. The van der Waals surface area contributed by atoms with Crippen LogP contribution in [0.1, 0.15) is 12.8 Å². The van der Waals surface area contributed by atoms with Gasteiger partial charge < -0.3 is 15.2 Å². The first-order valence-corrected chi connectivity index (χ1v) is 7.71. The Kier molecular flexibility index (Phi) is 3.84. The summed E-state index contributed by atoms with van der Waals surface area (Å²) in [7, 11) is 1.97. The maximum absolute atomic E-state index is 12.7. The molecule has 7 nitrogen and oxygen atoms in total.